The van der Waals surface area contributed by atoms with E-state index in [-0.39, 0.29) is 49.3 Å². The van der Waals surface area contributed by atoms with E-state index < -0.39 is 5.25 Å². The molecule has 1 aromatic carbocycles. The van der Waals surface area contributed by atoms with E-state index in [1.807, 2.05) is 12.1 Å². The van der Waals surface area contributed by atoms with Crippen LogP contribution >= 0.6 is 11.8 Å². The van der Waals surface area contributed by atoms with E-state index in [1.165, 1.54) is 40.9 Å². The summed E-state index contributed by atoms with van der Waals surface area (Å²) in [4.78, 5) is 25.8. The van der Waals surface area contributed by atoms with Gasteiger partial charge < -0.3 is 10.2 Å². The highest BCUT2D eigenvalue weighted by Gasteiger charge is 2.21. The van der Waals surface area contributed by atoms with Crippen LogP contribution in [0, 0.1) is 28.5 Å². The molecule has 0 aromatic heterocycles. The maximum Gasteiger partial charge on any atom is 0.235 e. The highest BCUT2D eigenvalue weighted by atomic mass is 32.2. The second-order valence-corrected chi connectivity index (χ2v) is 6.48. The Labute approximate surface area is 150 Å². The maximum absolute atomic E-state index is 12.8. The molecule has 0 fully saturated rings. The summed E-state index contributed by atoms with van der Waals surface area (Å²) in [5, 5.41) is 19.5. The lowest BCUT2D eigenvalue weighted by atomic mass is 10.3. The quantitative estimate of drug-likeness (QED) is 0.728. The molecule has 6 nitrogen and oxygen atoms in total. The van der Waals surface area contributed by atoms with E-state index in [2.05, 4.69) is 5.32 Å². The van der Waals surface area contributed by atoms with Crippen molar-refractivity contribution in [3.05, 3.63) is 30.1 Å². The normalized spacial score (nSPS) is 11.0. The Hall–Kier alpha value is -2.58. The molecular weight excluding hydrogens is 343 g/mol. The molecule has 1 unspecified atom stereocenters. The number of hydrogen-bond acceptors (Lipinski definition) is 5. The number of thioether (sulfide) groups is 1. The fraction of sp³-hybridized carbons (Fsp3) is 0.412. The summed E-state index contributed by atoms with van der Waals surface area (Å²) >= 11 is 1.17. The van der Waals surface area contributed by atoms with Gasteiger partial charge in [-0.25, -0.2) is 4.39 Å². The number of nitrogens with zero attached hydrogens (tertiary/aromatic N) is 3. The smallest absolute Gasteiger partial charge is 0.235 e. The Morgan fingerprint density at radius 1 is 1.20 bits per heavy atom. The van der Waals surface area contributed by atoms with Crippen molar-refractivity contribution >= 4 is 29.3 Å². The summed E-state index contributed by atoms with van der Waals surface area (Å²) in [6.07, 6.45) is 0.388. The minimum Gasteiger partial charge on any atom is -0.340 e. The van der Waals surface area contributed by atoms with Gasteiger partial charge in [-0.1, -0.05) is 0 Å². The summed E-state index contributed by atoms with van der Waals surface area (Å²) < 4.78 is 12.8. The Kier molecular flexibility index (Phi) is 9.05. The molecule has 1 aromatic rings. The van der Waals surface area contributed by atoms with Crippen LogP contribution in [0.25, 0.3) is 0 Å². The van der Waals surface area contributed by atoms with Crippen molar-refractivity contribution in [2.24, 2.45) is 0 Å². The van der Waals surface area contributed by atoms with E-state index in [0.29, 0.717) is 5.69 Å². The van der Waals surface area contributed by atoms with Crippen LogP contribution in [-0.4, -0.2) is 40.8 Å². The number of hydrogen-bond donors (Lipinski definition) is 1. The molecule has 0 spiro atoms. The molecule has 0 saturated carbocycles. The summed E-state index contributed by atoms with van der Waals surface area (Å²) in [7, 11) is 0. The molecule has 0 aliphatic heterocycles. The SMILES string of the molecule is CC(SCC(=O)Nc1ccc(F)cc1)C(=O)N(CCC#N)CCC#N. The van der Waals surface area contributed by atoms with Gasteiger partial charge in [0.2, 0.25) is 11.8 Å². The average molecular weight is 362 g/mol. The lowest BCUT2D eigenvalue weighted by molar-refractivity contribution is -0.130. The van der Waals surface area contributed by atoms with Crippen molar-refractivity contribution in [2.75, 3.05) is 24.2 Å². The first-order valence-corrected chi connectivity index (χ1v) is 8.72. The van der Waals surface area contributed by atoms with Crippen molar-refractivity contribution in [1.82, 2.24) is 4.90 Å². The molecule has 0 bridgehead atoms. The molecule has 0 radical (unpaired) electrons. The van der Waals surface area contributed by atoms with Crippen molar-refractivity contribution in [2.45, 2.75) is 25.0 Å². The third-order valence-corrected chi connectivity index (χ3v) is 4.37. The zero-order valence-corrected chi connectivity index (χ0v) is 14.7. The van der Waals surface area contributed by atoms with Gasteiger partial charge in [-0.15, -0.1) is 11.8 Å². The zero-order valence-electron chi connectivity index (χ0n) is 13.9. The number of carbonyl (C=O) groups is 2. The fourth-order valence-electron chi connectivity index (χ4n) is 1.96. The number of carbonyl (C=O) groups excluding carboxylic acids is 2. The summed E-state index contributed by atoms with van der Waals surface area (Å²) in [5.74, 6) is -0.822. The maximum atomic E-state index is 12.8. The standard InChI is InChI=1S/C17H19FN4O2S/c1-13(17(24)22(10-2-8-19)11-3-9-20)25-12-16(23)21-15-6-4-14(18)5-7-15/h4-7,13H,2-3,10-12H2,1H3,(H,21,23). The molecule has 25 heavy (non-hydrogen) atoms. The number of nitriles is 2. The molecule has 0 saturated heterocycles. The molecule has 1 rings (SSSR count). The number of amides is 2. The summed E-state index contributed by atoms with van der Waals surface area (Å²) in [6.45, 7) is 2.22. The molecule has 1 atom stereocenters. The van der Waals surface area contributed by atoms with Crippen LogP contribution in [0.3, 0.4) is 0 Å². The van der Waals surface area contributed by atoms with Gasteiger partial charge in [0.15, 0.2) is 0 Å². The van der Waals surface area contributed by atoms with E-state index in [1.54, 1.807) is 6.92 Å². The number of anilines is 1. The van der Waals surface area contributed by atoms with Crippen LogP contribution in [0.5, 0.6) is 0 Å². The van der Waals surface area contributed by atoms with Crippen LogP contribution in [0.4, 0.5) is 10.1 Å². The largest absolute Gasteiger partial charge is 0.340 e. The number of halogens is 1. The lowest BCUT2D eigenvalue weighted by Gasteiger charge is -2.23. The van der Waals surface area contributed by atoms with Crippen LogP contribution in [-0.2, 0) is 9.59 Å². The van der Waals surface area contributed by atoms with Gasteiger partial charge in [0.1, 0.15) is 5.82 Å². The first-order valence-electron chi connectivity index (χ1n) is 7.67. The Morgan fingerprint density at radius 3 is 2.28 bits per heavy atom. The van der Waals surface area contributed by atoms with Crippen molar-refractivity contribution < 1.29 is 14.0 Å². The monoisotopic (exact) mass is 362 g/mol. The molecule has 132 valence electrons. The van der Waals surface area contributed by atoms with Gasteiger partial charge in [-0.2, -0.15) is 10.5 Å². The van der Waals surface area contributed by atoms with Gasteiger partial charge in [-0.05, 0) is 31.2 Å². The Balaban J connectivity index is 2.49. The molecular formula is C17H19FN4O2S. The van der Waals surface area contributed by atoms with Crippen molar-refractivity contribution in [3.63, 3.8) is 0 Å². The van der Waals surface area contributed by atoms with Crippen LogP contribution in [0.2, 0.25) is 0 Å². The minimum atomic E-state index is -0.476. The molecule has 0 heterocycles. The zero-order chi connectivity index (χ0) is 18.7. The predicted octanol–water partition coefficient (Wildman–Crippen LogP) is 2.54. The summed E-state index contributed by atoms with van der Waals surface area (Å²) in [5.41, 5.74) is 0.482. The van der Waals surface area contributed by atoms with Gasteiger partial charge >= 0.3 is 0 Å². The van der Waals surface area contributed by atoms with Crippen molar-refractivity contribution in [1.29, 1.82) is 10.5 Å². The third-order valence-electron chi connectivity index (χ3n) is 3.24. The summed E-state index contributed by atoms with van der Waals surface area (Å²) in [6, 6.07) is 9.36. The van der Waals surface area contributed by atoms with Gasteiger partial charge in [0.05, 0.1) is 36.0 Å². The number of benzene rings is 1. The Morgan fingerprint density at radius 2 is 1.76 bits per heavy atom. The molecule has 0 aliphatic carbocycles. The van der Waals surface area contributed by atoms with E-state index in [4.69, 9.17) is 10.5 Å². The average Bonchev–Trinajstić information content (AvgIpc) is 2.61. The van der Waals surface area contributed by atoms with Crippen LogP contribution < -0.4 is 5.32 Å². The van der Waals surface area contributed by atoms with Gasteiger partial charge in [0, 0.05) is 18.8 Å². The number of nitrogens with one attached hydrogen (secondary N) is 1. The third kappa shape index (κ3) is 7.69. The van der Waals surface area contributed by atoms with E-state index in [0.717, 1.165) is 0 Å². The fourth-order valence-corrected chi connectivity index (χ4v) is 2.73. The predicted molar refractivity (Wildman–Crippen MR) is 94.0 cm³/mol. The highest BCUT2D eigenvalue weighted by molar-refractivity contribution is 8.01. The van der Waals surface area contributed by atoms with Crippen molar-refractivity contribution in [3.8, 4) is 12.1 Å². The van der Waals surface area contributed by atoms with Gasteiger partial charge in [-0.3, -0.25) is 9.59 Å². The first kappa shape index (κ1) is 20.5. The van der Waals surface area contributed by atoms with E-state index in [9.17, 15) is 14.0 Å². The van der Waals surface area contributed by atoms with Gasteiger partial charge in [0.25, 0.3) is 0 Å². The molecule has 0 aliphatic rings. The number of rotatable bonds is 9. The van der Waals surface area contributed by atoms with E-state index >= 15 is 0 Å². The minimum absolute atomic E-state index is 0.0641. The first-order chi connectivity index (χ1) is 12.0. The topological polar surface area (TPSA) is 97.0 Å². The molecule has 8 heteroatoms. The molecule has 1 N–H and O–H groups in total. The highest BCUT2D eigenvalue weighted by Crippen LogP contribution is 2.15. The van der Waals surface area contributed by atoms with Crippen LogP contribution in [0.1, 0.15) is 19.8 Å². The molecule has 2 amide bonds. The Bertz CT molecular complexity index is 649. The second-order valence-electron chi connectivity index (χ2n) is 5.15. The van der Waals surface area contributed by atoms with Crippen LogP contribution in [0.15, 0.2) is 24.3 Å². The second kappa shape index (κ2) is 11.1. The lowest BCUT2D eigenvalue weighted by Crippen LogP contribution is -2.38.